The second-order valence-corrected chi connectivity index (χ2v) is 8.11. The van der Waals surface area contributed by atoms with Gasteiger partial charge in [0.1, 0.15) is 6.23 Å². The molecule has 0 aromatic heterocycles. The average molecular weight is 379 g/mol. The SMILES string of the molecule is CCC(O)N1C(=O)C(N2CCC(Cc3ccccc3)CC2)Cc2ccccc21. The van der Waals surface area contributed by atoms with Crippen molar-refractivity contribution in [3.05, 3.63) is 65.7 Å². The molecule has 148 valence electrons. The van der Waals surface area contributed by atoms with Gasteiger partial charge in [0, 0.05) is 5.69 Å². The minimum atomic E-state index is -0.757. The highest BCUT2D eigenvalue weighted by Gasteiger charge is 2.39. The fourth-order valence-electron chi connectivity index (χ4n) is 4.68. The van der Waals surface area contributed by atoms with Gasteiger partial charge in [0.25, 0.3) is 0 Å². The predicted octanol–water partition coefficient (Wildman–Crippen LogP) is 3.63. The number of benzene rings is 2. The molecule has 2 aromatic rings. The van der Waals surface area contributed by atoms with E-state index in [0.717, 1.165) is 50.0 Å². The van der Waals surface area contributed by atoms with Gasteiger partial charge in [0.05, 0.1) is 6.04 Å². The molecule has 2 heterocycles. The molecule has 4 heteroatoms. The molecule has 0 bridgehead atoms. The van der Waals surface area contributed by atoms with Gasteiger partial charge in [-0.3, -0.25) is 14.6 Å². The third-order valence-corrected chi connectivity index (χ3v) is 6.31. The van der Waals surface area contributed by atoms with Crippen LogP contribution in [0.4, 0.5) is 5.69 Å². The molecule has 2 aromatic carbocycles. The first kappa shape index (κ1) is 19.2. The number of aliphatic hydroxyl groups is 1. The second-order valence-electron chi connectivity index (χ2n) is 8.11. The van der Waals surface area contributed by atoms with Crippen molar-refractivity contribution in [3.8, 4) is 0 Å². The molecule has 2 unspecified atom stereocenters. The van der Waals surface area contributed by atoms with Crippen molar-refractivity contribution in [1.82, 2.24) is 4.90 Å². The highest BCUT2D eigenvalue weighted by atomic mass is 16.3. The zero-order chi connectivity index (χ0) is 19.5. The van der Waals surface area contributed by atoms with Crippen molar-refractivity contribution in [2.24, 2.45) is 5.92 Å². The van der Waals surface area contributed by atoms with E-state index in [9.17, 15) is 9.90 Å². The average Bonchev–Trinajstić information content (AvgIpc) is 2.74. The van der Waals surface area contributed by atoms with Gasteiger partial charge in [-0.15, -0.1) is 0 Å². The second kappa shape index (κ2) is 8.46. The summed E-state index contributed by atoms with van der Waals surface area (Å²) in [7, 11) is 0. The molecular formula is C24H30N2O2. The molecule has 0 saturated carbocycles. The lowest BCUT2D eigenvalue weighted by molar-refractivity contribution is -0.127. The number of carbonyl (C=O) groups excluding carboxylic acids is 1. The standard InChI is InChI=1S/C24H30N2O2/c1-2-23(27)26-21-11-7-6-10-20(21)17-22(24(26)28)25-14-12-19(13-15-25)16-18-8-4-3-5-9-18/h3-11,19,22-23,27H,2,12-17H2,1H3. The van der Waals surface area contributed by atoms with Crippen LogP contribution in [0.15, 0.2) is 54.6 Å². The molecule has 0 radical (unpaired) electrons. The van der Waals surface area contributed by atoms with Gasteiger partial charge >= 0.3 is 0 Å². The van der Waals surface area contributed by atoms with Gasteiger partial charge in [-0.2, -0.15) is 0 Å². The van der Waals surface area contributed by atoms with E-state index in [4.69, 9.17) is 0 Å². The van der Waals surface area contributed by atoms with Crippen LogP contribution in [0.2, 0.25) is 0 Å². The number of nitrogens with zero attached hydrogens (tertiary/aromatic N) is 2. The molecule has 2 aliphatic rings. The number of likely N-dealkylation sites (tertiary alicyclic amines) is 1. The molecule has 1 saturated heterocycles. The number of hydrogen-bond donors (Lipinski definition) is 1. The maximum absolute atomic E-state index is 13.3. The lowest BCUT2D eigenvalue weighted by Gasteiger charge is -2.43. The Morgan fingerprint density at radius 3 is 2.43 bits per heavy atom. The van der Waals surface area contributed by atoms with Crippen molar-refractivity contribution in [2.75, 3.05) is 18.0 Å². The van der Waals surface area contributed by atoms with Crippen LogP contribution in [-0.2, 0) is 17.6 Å². The molecule has 1 fully saturated rings. The first-order chi connectivity index (χ1) is 13.7. The van der Waals surface area contributed by atoms with E-state index in [-0.39, 0.29) is 11.9 Å². The third kappa shape index (κ3) is 3.85. The molecule has 28 heavy (non-hydrogen) atoms. The number of hydrogen-bond acceptors (Lipinski definition) is 3. The summed E-state index contributed by atoms with van der Waals surface area (Å²) < 4.78 is 0. The zero-order valence-electron chi connectivity index (χ0n) is 16.6. The summed E-state index contributed by atoms with van der Waals surface area (Å²) in [6.45, 7) is 3.82. The van der Waals surface area contributed by atoms with Crippen molar-refractivity contribution in [1.29, 1.82) is 0 Å². The fourth-order valence-corrected chi connectivity index (χ4v) is 4.68. The first-order valence-electron chi connectivity index (χ1n) is 10.5. The highest BCUT2D eigenvalue weighted by Crippen LogP contribution is 2.33. The van der Waals surface area contributed by atoms with Gasteiger partial charge in [-0.1, -0.05) is 55.5 Å². The molecule has 0 spiro atoms. The van der Waals surface area contributed by atoms with Crippen LogP contribution in [-0.4, -0.2) is 41.3 Å². The summed E-state index contributed by atoms with van der Waals surface area (Å²) in [4.78, 5) is 17.3. The fraction of sp³-hybridized carbons (Fsp3) is 0.458. The lowest BCUT2D eigenvalue weighted by atomic mass is 9.88. The van der Waals surface area contributed by atoms with E-state index >= 15 is 0 Å². The Hall–Kier alpha value is -2.17. The number of fused-ring (bicyclic) bond motifs is 1. The normalized spacial score (nSPS) is 22.1. The van der Waals surface area contributed by atoms with Crippen molar-refractivity contribution in [2.45, 2.75) is 51.3 Å². The summed E-state index contributed by atoms with van der Waals surface area (Å²) in [6, 6.07) is 18.5. The molecule has 0 aliphatic carbocycles. The predicted molar refractivity (Wildman–Crippen MR) is 112 cm³/mol. The van der Waals surface area contributed by atoms with Gasteiger partial charge in [0.2, 0.25) is 5.91 Å². The maximum Gasteiger partial charge on any atom is 0.246 e. The Balaban J connectivity index is 1.45. The van der Waals surface area contributed by atoms with Crippen LogP contribution in [0, 0.1) is 5.92 Å². The Morgan fingerprint density at radius 1 is 1.04 bits per heavy atom. The van der Waals surface area contributed by atoms with Gasteiger partial charge in [-0.25, -0.2) is 0 Å². The Kier molecular flexibility index (Phi) is 5.79. The molecule has 2 aliphatic heterocycles. The number of rotatable bonds is 5. The molecule has 4 nitrogen and oxygen atoms in total. The molecule has 1 N–H and O–H groups in total. The van der Waals surface area contributed by atoms with E-state index in [2.05, 4.69) is 41.3 Å². The number of piperidine rings is 1. The lowest BCUT2D eigenvalue weighted by Crippen LogP contribution is -2.57. The van der Waals surface area contributed by atoms with Gasteiger partial charge in [-0.05, 0) is 68.3 Å². The van der Waals surface area contributed by atoms with Crippen LogP contribution in [0.1, 0.15) is 37.3 Å². The summed E-state index contributed by atoms with van der Waals surface area (Å²) in [5, 5.41) is 10.5. The minimum Gasteiger partial charge on any atom is -0.373 e. The molecular weight excluding hydrogens is 348 g/mol. The van der Waals surface area contributed by atoms with Gasteiger partial charge in [0.15, 0.2) is 0 Å². The van der Waals surface area contributed by atoms with Crippen molar-refractivity contribution >= 4 is 11.6 Å². The first-order valence-corrected chi connectivity index (χ1v) is 10.5. The van der Waals surface area contributed by atoms with Crippen LogP contribution in [0.25, 0.3) is 0 Å². The topological polar surface area (TPSA) is 43.8 Å². The third-order valence-electron chi connectivity index (χ3n) is 6.31. The smallest absolute Gasteiger partial charge is 0.246 e. The van der Waals surface area contributed by atoms with Crippen LogP contribution in [0.5, 0.6) is 0 Å². The number of aliphatic hydroxyl groups excluding tert-OH is 1. The number of amides is 1. The Morgan fingerprint density at radius 2 is 1.71 bits per heavy atom. The number of para-hydroxylation sites is 1. The van der Waals surface area contributed by atoms with Crippen LogP contribution in [0.3, 0.4) is 0 Å². The quantitative estimate of drug-likeness (QED) is 0.864. The largest absolute Gasteiger partial charge is 0.373 e. The van der Waals surface area contributed by atoms with Crippen LogP contribution < -0.4 is 4.90 Å². The van der Waals surface area contributed by atoms with Gasteiger partial charge < -0.3 is 5.11 Å². The highest BCUT2D eigenvalue weighted by molar-refractivity contribution is 6.00. The minimum absolute atomic E-state index is 0.0505. The zero-order valence-corrected chi connectivity index (χ0v) is 16.6. The van der Waals surface area contributed by atoms with E-state index in [0.29, 0.717) is 12.3 Å². The van der Waals surface area contributed by atoms with E-state index in [1.807, 2.05) is 25.1 Å². The maximum atomic E-state index is 13.3. The van der Waals surface area contributed by atoms with E-state index in [1.165, 1.54) is 5.56 Å². The summed E-state index contributed by atoms with van der Waals surface area (Å²) in [5.41, 5.74) is 3.43. The Bertz CT molecular complexity index is 799. The number of carbonyl (C=O) groups is 1. The molecule has 1 amide bonds. The molecule has 4 rings (SSSR count). The number of anilines is 1. The van der Waals surface area contributed by atoms with E-state index in [1.54, 1.807) is 4.90 Å². The summed E-state index contributed by atoms with van der Waals surface area (Å²) in [5.74, 6) is 0.733. The van der Waals surface area contributed by atoms with E-state index < -0.39 is 6.23 Å². The Labute approximate surface area is 167 Å². The summed E-state index contributed by atoms with van der Waals surface area (Å²) in [6.07, 6.45) is 3.88. The van der Waals surface area contributed by atoms with Crippen LogP contribution >= 0.6 is 0 Å². The molecule has 2 atom stereocenters. The summed E-state index contributed by atoms with van der Waals surface area (Å²) >= 11 is 0. The van der Waals surface area contributed by atoms with Crippen molar-refractivity contribution < 1.29 is 9.90 Å². The van der Waals surface area contributed by atoms with Crippen molar-refractivity contribution in [3.63, 3.8) is 0 Å². The monoisotopic (exact) mass is 378 g/mol.